The molecule has 1 saturated carbocycles. The number of carbonyl (C=O) groups excluding carboxylic acids is 2. The quantitative estimate of drug-likeness (QED) is 0.375. The van der Waals surface area contributed by atoms with Crippen LogP contribution in [-0.4, -0.2) is 34.4 Å². The standard InChI is InChI=1S/C19H24ClN3O3/c1-26-16-9-5-8-14-15(19(25)23(21)17(24)10-20)12-22(18(14)16)11-13-6-3-2-4-7-13/h5,8-9,12-13H,2-4,6-7,10-11,21H2,1H3. The van der Waals surface area contributed by atoms with E-state index in [4.69, 9.17) is 22.2 Å². The molecular weight excluding hydrogens is 354 g/mol. The Labute approximate surface area is 157 Å². The smallest absolute Gasteiger partial charge is 0.277 e. The number of aromatic nitrogens is 1. The number of benzene rings is 1. The summed E-state index contributed by atoms with van der Waals surface area (Å²) in [5.74, 6) is 5.41. The van der Waals surface area contributed by atoms with E-state index in [-0.39, 0.29) is 5.88 Å². The van der Waals surface area contributed by atoms with Crippen LogP contribution in [-0.2, 0) is 11.3 Å². The van der Waals surface area contributed by atoms with Crippen molar-refractivity contribution in [3.05, 3.63) is 30.0 Å². The van der Waals surface area contributed by atoms with Gasteiger partial charge < -0.3 is 9.30 Å². The maximum atomic E-state index is 12.7. The van der Waals surface area contributed by atoms with Crippen molar-refractivity contribution in [2.75, 3.05) is 13.0 Å². The monoisotopic (exact) mass is 377 g/mol. The highest BCUT2D eigenvalue weighted by molar-refractivity contribution is 6.29. The van der Waals surface area contributed by atoms with Crippen molar-refractivity contribution in [3.8, 4) is 5.75 Å². The molecule has 0 spiro atoms. The molecule has 26 heavy (non-hydrogen) atoms. The minimum atomic E-state index is -0.632. The third-order valence-corrected chi connectivity index (χ3v) is 5.32. The molecule has 1 fully saturated rings. The number of halogens is 1. The summed E-state index contributed by atoms with van der Waals surface area (Å²) >= 11 is 5.53. The first kappa shape index (κ1) is 18.7. The third-order valence-electron chi connectivity index (χ3n) is 5.09. The summed E-state index contributed by atoms with van der Waals surface area (Å²) in [6, 6.07) is 5.55. The van der Waals surface area contributed by atoms with Gasteiger partial charge in [-0.25, -0.2) is 10.9 Å². The van der Waals surface area contributed by atoms with Crippen LogP contribution >= 0.6 is 11.6 Å². The molecule has 7 heteroatoms. The summed E-state index contributed by atoms with van der Waals surface area (Å²) < 4.78 is 7.58. The summed E-state index contributed by atoms with van der Waals surface area (Å²) in [7, 11) is 1.61. The van der Waals surface area contributed by atoms with Gasteiger partial charge in [-0.1, -0.05) is 31.4 Å². The second kappa shape index (κ2) is 8.10. The zero-order valence-corrected chi connectivity index (χ0v) is 15.7. The molecule has 2 amide bonds. The summed E-state index contributed by atoms with van der Waals surface area (Å²) in [6.45, 7) is 0.818. The van der Waals surface area contributed by atoms with Gasteiger partial charge in [0.15, 0.2) is 0 Å². The average molecular weight is 378 g/mol. The van der Waals surface area contributed by atoms with E-state index in [2.05, 4.69) is 4.57 Å². The van der Waals surface area contributed by atoms with Crippen molar-refractivity contribution in [2.45, 2.75) is 38.6 Å². The predicted octanol–water partition coefficient (Wildman–Crippen LogP) is 3.31. The van der Waals surface area contributed by atoms with Crippen molar-refractivity contribution < 1.29 is 14.3 Å². The van der Waals surface area contributed by atoms with Gasteiger partial charge >= 0.3 is 0 Å². The number of nitrogens with zero attached hydrogens (tertiary/aromatic N) is 2. The summed E-state index contributed by atoms with van der Waals surface area (Å²) in [6.07, 6.45) is 7.93. The Kier molecular flexibility index (Phi) is 5.84. The van der Waals surface area contributed by atoms with Crippen LogP contribution in [0.3, 0.4) is 0 Å². The van der Waals surface area contributed by atoms with E-state index in [1.54, 1.807) is 13.3 Å². The SMILES string of the molecule is COc1cccc2c(C(=O)N(N)C(=O)CCl)cn(CC3CCCCC3)c12. The van der Waals surface area contributed by atoms with Gasteiger partial charge in [-0.05, 0) is 24.8 Å². The van der Waals surface area contributed by atoms with E-state index in [0.29, 0.717) is 22.2 Å². The number of amides is 2. The van der Waals surface area contributed by atoms with Crippen LogP contribution in [0.25, 0.3) is 10.9 Å². The average Bonchev–Trinajstić information content (AvgIpc) is 3.05. The fourth-order valence-corrected chi connectivity index (χ4v) is 3.89. The number of nitrogens with two attached hydrogens (primary N) is 1. The highest BCUT2D eigenvalue weighted by Gasteiger charge is 2.25. The number of rotatable bonds is 5. The van der Waals surface area contributed by atoms with Gasteiger partial charge in [0.1, 0.15) is 11.6 Å². The summed E-state index contributed by atoms with van der Waals surface area (Å²) in [4.78, 5) is 24.5. The second-order valence-electron chi connectivity index (χ2n) is 6.76. The van der Waals surface area contributed by atoms with Crippen molar-refractivity contribution in [2.24, 2.45) is 11.8 Å². The van der Waals surface area contributed by atoms with Gasteiger partial charge in [-0.15, -0.1) is 11.6 Å². The molecule has 0 aliphatic heterocycles. The number of imide groups is 1. The fourth-order valence-electron chi connectivity index (χ4n) is 3.76. The zero-order chi connectivity index (χ0) is 18.7. The normalized spacial score (nSPS) is 15.2. The van der Waals surface area contributed by atoms with E-state index in [1.807, 2.05) is 18.2 Å². The predicted molar refractivity (Wildman–Crippen MR) is 101 cm³/mol. The van der Waals surface area contributed by atoms with E-state index in [1.165, 1.54) is 32.1 Å². The number of hydrazine groups is 1. The molecule has 140 valence electrons. The van der Waals surface area contributed by atoms with Crippen LogP contribution in [0.1, 0.15) is 42.5 Å². The minimum absolute atomic E-state index is 0.341. The van der Waals surface area contributed by atoms with Crippen molar-refractivity contribution >= 4 is 34.3 Å². The van der Waals surface area contributed by atoms with Crippen molar-refractivity contribution in [1.82, 2.24) is 9.58 Å². The van der Waals surface area contributed by atoms with Crippen molar-refractivity contribution in [3.63, 3.8) is 0 Å². The van der Waals surface area contributed by atoms with Crippen LogP contribution in [0.5, 0.6) is 5.75 Å². The Morgan fingerprint density at radius 2 is 2.04 bits per heavy atom. The first-order valence-corrected chi connectivity index (χ1v) is 9.44. The highest BCUT2D eigenvalue weighted by atomic mass is 35.5. The van der Waals surface area contributed by atoms with Crippen LogP contribution in [0.4, 0.5) is 0 Å². The van der Waals surface area contributed by atoms with Crippen LogP contribution in [0.15, 0.2) is 24.4 Å². The molecule has 6 nitrogen and oxygen atoms in total. The van der Waals surface area contributed by atoms with Gasteiger partial charge in [0.05, 0.1) is 18.2 Å². The van der Waals surface area contributed by atoms with Crippen LogP contribution in [0, 0.1) is 5.92 Å². The largest absolute Gasteiger partial charge is 0.495 e. The Morgan fingerprint density at radius 3 is 2.69 bits per heavy atom. The van der Waals surface area contributed by atoms with Gasteiger partial charge in [0.25, 0.3) is 11.8 Å². The number of carbonyl (C=O) groups is 2. The molecule has 1 aromatic carbocycles. The Hall–Kier alpha value is -2.05. The lowest BCUT2D eigenvalue weighted by molar-refractivity contribution is -0.126. The summed E-state index contributed by atoms with van der Waals surface area (Å²) in [5, 5.41) is 1.31. The molecule has 2 N–H and O–H groups in total. The van der Waals surface area contributed by atoms with Crippen molar-refractivity contribution in [1.29, 1.82) is 0 Å². The lowest BCUT2D eigenvalue weighted by atomic mass is 9.89. The maximum absolute atomic E-state index is 12.7. The van der Waals surface area contributed by atoms with E-state index in [0.717, 1.165) is 17.4 Å². The minimum Gasteiger partial charge on any atom is -0.495 e. The second-order valence-corrected chi connectivity index (χ2v) is 7.03. The zero-order valence-electron chi connectivity index (χ0n) is 14.9. The summed E-state index contributed by atoms with van der Waals surface area (Å²) in [5.41, 5.74) is 1.24. The van der Waals surface area contributed by atoms with Gasteiger partial charge in [0.2, 0.25) is 0 Å². The number of ether oxygens (including phenoxy) is 1. The third kappa shape index (κ3) is 3.57. The van der Waals surface area contributed by atoms with Gasteiger partial charge in [-0.2, -0.15) is 0 Å². The molecule has 1 aliphatic carbocycles. The molecular formula is C19H24ClN3O3. The fraction of sp³-hybridized carbons (Fsp3) is 0.474. The van der Waals surface area contributed by atoms with E-state index < -0.39 is 11.8 Å². The molecule has 1 heterocycles. The molecule has 0 atom stereocenters. The van der Waals surface area contributed by atoms with E-state index >= 15 is 0 Å². The number of alkyl halides is 1. The first-order chi connectivity index (χ1) is 12.6. The molecule has 0 unspecified atom stereocenters. The van der Waals surface area contributed by atoms with Crippen LogP contribution in [0.2, 0.25) is 0 Å². The number of para-hydroxylation sites is 1. The molecule has 3 rings (SSSR count). The van der Waals surface area contributed by atoms with Gasteiger partial charge in [-0.3, -0.25) is 9.59 Å². The maximum Gasteiger partial charge on any atom is 0.277 e. The lowest BCUT2D eigenvalue weighted by Crippen LogP contribution is -2.43. The number of fused-ring (bicyclic) bond motifs is 1. The number of methoxy groups -OCH3 is 1. The molecule has 2 aromatic rings. The Morgan fingerprint density at radius 1 is 1.31 bits per heavy atom. The Balaban J connectivity index is 2.04. The highest BCUT2D eigenvalue weighted by Crippen LogP contribution is 2.33. The molecule has 0 saturated heterocycles. The number of hydrogen-bond donors (Lipinski definition) is 1. The van der Waals surface area contributed by atoms with Crippen LogP contribution < -0.4 is 10.6 Å². The topological polar surface area (TPSA) is 77.6 Å². The molecule has 0 bridgehead atoms. The number of hydrogen-bond acceptors (Lipinski definition) is 4. The molecule has 1 aromatic heterocycles. The van der Waals surface area contributed by atoms with E-state index in [9.17, 15) is 9.59 Å². The molecule has 1 aliphatic rings. The Bertz CT molecular complexity index is 812. The van der Waals surface area contributed by atoms with Gasteiger partial charge in [0, 0.05) is 18.1 Å². The molecule has 0 radical (unpaired) electrons. The first-order valence-electron chi connectivity index (χ1n) is 8.90. The lowest BCUT2D eigenvalue weighted by Gasteiger charge is -2.22.